The molecular weight excluding hydrogens is 564 g/mol. The summed E-state index contributed by atoms with van der Waals surface area (Å²) in [6.07, 6.45) is 9.03. The molecule has 230 valence electrons. The maximum atomic E-state index is 14.3. The second-order valence-electron chi connectivity index (χ2n) is 14.9. The summed E-state index contributed by atoms with van der Waals surface area (Å²) in [5, 5.41) is 5.02. The molecule has 9 heteroatoms. The first-order valence-corrected chi connectivity index (χ1v) is 16.9. The second-order valence-corrected chi connectivity index (χ2v) is 15.3. The first-order chi connectivity index (χ1) is 20.7. The van der Waals surface area contributed by atoms with Crippen molar-refractivity contribution in [3.8, 4) is 0 Å². The van der Waals surface area contributed by atoms with Gasteiger partial charge in [0.15, 0.2) is 0 Å². The Kier molecular flexibility index (Phi) is 6.65. The van der Waals surface area contributed by atoms with Crippen molar-refractivity contribution in [3.05, 3.63) is 34.5 Å². The number of carbonyl (C=O) groups excluding carboxylic acids is 3. The number of amides is 3. The van der Waals surface area contributed by atoms with Crippen LogP contribution in [0.1, 0.15) is 69.5 Å². The highest BCUT2D eigenvalue weighted by Crippen LogP contribution is 2.59. The number of morpholine rings is 1. The zero-order valence-corrected chi connectivity index (χ0v) is 25.9. The number of H-pyrrole nitrogens is 1. The Labute approximate surface area is 258 Å². The van der Waals surface area contributed by atoms with Crippen LogP contribution in [0.15, 0.2) is 18.2 Å². The number of nitrogens with one attached hydrogen (secondary N) is 2. The van der Waals surface area contributed by atoms with Crippen molar-refractivity contribution in [2.24, 2.45) is 35.0 Å². The van der Waals surface area contributed by atoms with Crippen molar-refractivity contribution in [3.63, 3.8) is 0 Å². The summed E-state index contributed by atoms with van der Waals surface area (Å²) in [5.74, 6) is 1.50. The number of nitrogens with zero attached hydrogens (tertiary/aromatic N) is 2. The smallest absolute Gasteiger partial charge is 0.228 e. The van der Waals surface area contributed by atoms with Crippen LogP contribution >= 0.6 is 11.6 Å². The van der Waals surface area contributed by atoms with Gasteiger partial charge in [0.25, 0.3) is 0 Å². The van der Waals surface area contributed by atoms with E-state index in [0.717, 1.165) is 46.5 Å². The molecule has 4 bridgehead atoms. The molecule has 1 aromatic carbocycles. The minimum absolute atomic E-state index is 0.0131. The molecule has 9 rings (SSSR count). The molecule has 0 radical (unpaired) electrons. The van der Waals surface area contributed by atoms with Crippen molar-refractivity contribution < 1.29 is 19.1 Å². The van der Waals surface area contributed by atoms with E-state index in [2.05, 4.69) is 10.3 Å². The highest BCUT2D eigenvalue weighted by atomic mass is 35.5. The van der Waals surface area contributed by atoms with E-state index >= 15 is 0 Å². The standard InChI is InChI=1S/C34H43ClN4O4/c1-33-27(32(42)38-6-8-43-9-7-38)13-23(14-29(40)36-19-34-16-20-10-21(17-34)12-22(11-20)18-34)31(41)39(33)5-4-25-26-15-24(35)2-3-28(26)37-30(25)33/h2-3,15,20-23,27,37H,4-14,16-19H2,1H3,(H,36,40)/t20?,21?,22?,23-,27-,33+,34?/m1/s1. The molecule has 1 aromatic heterocycles. The summed E-state index contributed by atoms with van der Waals surface area (Å²) in [6.45, 7) is 5.42. The van der Waals surface area contributed by atoms with Gasteiger partial charge in [-0.05, 0) is 105 Å². The molecule has 8 nitrogen and oxygen atoms in total. The van der Waals surface area contributed by atoms with Crippen LogP contribution in [0.25, 0.3) is 10.9 Å². The fourth-order valence-corrected chi connectivity index (χ4v) is 10.8. The van der Waals surface area contributed by atoms with Gasteiger partial charge in [0.1, 0.15) is 0 Å². The van der Waals surface area contributed by atoms with E-state index in [1.54, 1.807) is 0 Å². The Morgan fingerprint density at radius 3 is 2.44 bits per heavy atom. The number of carbonyl (C=O) groups is 3. The lowest BCUT2D eigenvalue weighted by Gasteiger charge is -2.57. The fraction of sp³-hybridized carbons (Fsp3) is 0.676. The molecule has 6 fully saturated rings. The molecule has 2 saturated heterocycles. The highest BCUT2D eigenvalue weighted by molar-refractivity contribution is 6.31. The van der Waals surface area contributed by atoms with Crippen molar-refractivity contribution in [1.29, 1.82) is 0 Å². The van der Waals surface area contributed by atoms with Gasteiger partial charge >= 0.3 is 0 Å². The third-order valence-corrected chi connectivity index (χ3v) is 12.4. The highest BCUT2D eigenvalue weighted by Gasteiger charge is 2.57. The number of piperidine rings is 1. The Balaban J connectivity index is 1.06. The van der Waals surface area contributed by atoms with Crippen LogP contribution in [-0.4, -0.2) is 71.9 Å². The Hall–Kier alpha value is -2.58. The van der Waals surface area contributed by atoms with Gasteiger partial charge in [-0.2, -0.15) is 0 Å². The molecule has 3 atom stereocenters. The van der Waals surface area contributed by atoms with Gasteiger partial charge in [-0.1, -0.05) is 11.6 Å². The van der Waals surface area contributed by atoms with E-state index in [1.807, 2.05) is 34.9 Å². The van der Waals surface area contributed by atoms with E-state index in [-0.39, 0.29) is 29.6 Å². The van der Waals surface area contributed by atoms with Crippen LogP contribution < -0.4 is 5.32 Å². The average Bonchev–Trinajstić information content (AvgIpc) is 3.36. The number of hydrogen-bond acceptors (Lipinski definition) is 4. The molecule has 4 saturated carbocycles. The van der Waals surface area contributed by atoms with Gasteiger partial charge in [0.2, 0.25) is 17.7 Å². The molecule has 3 amide bonds. The summed E-state index contributed by atoms with van der Waals surface area (Å²) in [4.78, 5) is 49.4. The number of aromatic amines is 1. The molecular formula is C34H43ClN4O4. The maximum absolute atomic E-state index is 14.3. The molecule has 0 spiro atoms. The topological polar surface area (TPSA) is 94.7 Å². The summed E-state index contributed by atoms with van der Waals surface area (Å²) in [7, 11) is 0. The Bertz CT molecular complexity index is 1440. The van der Waals surface area contributed by atoms with Crippen LogP contribution in [0.5, 0.6) is 0 Å². The van der Waals surface area contributed by atoms with Crippen molar-refractivity contribution >= 4 is 40.2 Å². The van der Waals surface area contributed by atoms with E-state index in [0.29, 0.717) is 50.7 Å². The number of aromatic nitrogens is 1. The molecule has 43 heavy (non-hydrogen) atoms. The molecule has 3 aliphatic heterocycles. The zero-order valence-electron chi connectivity index (χ0n) is 25.1. The molecule has 4 heterocycles. The van der Waals surface area contributed by atoms with Gasteiger partial charge < -0.3 is 24.8 Å². The lowest BCUT2D eigenvalue weighted by Crippen LogP contribution is -2.65. The Morgan fingerprint density at radius 2 is 1.74 bits per heavy atom. The number of hydrogen-bond donors (Lipinski definition) is 2. The zero-order chi connectivity index (χ0) is 29.5. The molecule has 7 aliphatic rings. The van der Waals surface area contributed by atoms with Crippen LogP contribution in [-0.2, 0) is 31.1 Å². The summed E-state index contributed by atoms with van der Waals surface area (Å²) >= 11 is 6.39. The Morgan fingerprint density at radius 1 is 1.05 bits per heavy atom. The number of benzene rings is 1. The summed E-state index contributed by atoms with van der Waals surface area (Å²) in [5.41, 5.74) is 2.44. The normalized spacial score (nSPS) is 36.5. The lowest BCUT2D eigenvalue weighted by atomic mass is 9.49. The lowest BCUT2D eigenvalue weighted by molar-refractivity contribution is -0.166. The number of fused-ring (bicyclic) bond motifs is 5. The van der Waals surface area contributed by atoms with Crippen molar-refractivity contribution in [1.82, 2.24) is 20.1 Å². The third kappa shape index (κ3) is 4.53. The van der Waals surface area contributed by atoms with E-state index in [9.17, 15) is 14.4 Å². The predicted molar refractivity (Wildman–Crippen MR) is 163 cm³/mol. The van der Waals surface area contributed by atoms with Gasteiger partial charge in [-0.25, -0.2) is 0 Å². The predicted octanol–water partition coefficient (Wildman–Crippen LogP) is 4.64. The minimum Gasteiger partial charge on any atom is -0.378 e. The van der Waals surface area contributed by atoms with Crippen LogP contribution in [0, 0.1) is 35.0 Å². The van der Waals surface area contributed by atoms with E-state index in [1.165, 1.54) is 38.5 Å². The number of halogens is 1. The monoisotopic (exact) mass is 606 g/mol. The summed E-state index contributed by atoms with van der Waals surface area (Å²) in [6, 6.07) is 5.82. The van der Waals surface area contributed by atoms with Crippen LogP contribution in [0.3, 0.4) is 0 Å². The minimum atomic E-state index is -0.836. The van der Waals surface area contributed by atoms with Gasteiger partial charge in [-0.15, -0.1) is 0 Å². The maximum Gasteiger partial charge on any atom is 0.228 e. The van der Waals surface area contributed by atoms with Crippen molar-refractivity contribution in [2.45, 2.75) is 70.3 Å². The van der Waals surface area contributed by atoms with Gasteiger partial charge in [0.05, 0.1) is 24.7 Å². The van der Waals surface area contributed by atoms with Crippen LogP contribution in [0.2, 0.25) is 5.02 Å². The third-order valence-electron chi connectivity index (χ3n) is 12.2. The number of ether oxygens (including phenoxy) is 1. The van der Waals surface area contributed by atoms with E-state index in [4.69, 9.17) is 16.3 Å². The molecule has 4 aliphatic carbocycles. The van der Waals surface area contributed by atoms with E-state index < -0.39 is 17.4 Å². The fourth-order valence-electron chi connectivity index (χ4n) is 10.6. The van der Waals surface area contributed by atoms with Crippen LogP contribution in [0.4, 0.5) is 0 Å². The first-order valence-electron chi connectivity index (χ1n) is 16.5. The SMILES string of the molecule is C[C@]12c3[nH]c4ccc(Cl)cc4c3CCN1C(=O)[C@@H](CC(=O)NCC13CC4CC(CC(C4)C1)C3)C[C@@H]2C(=O)N1CCOCC1. The second kappa shape index (κ2) is 10.2. The number of rotatable bonds is 5. The summed E-state index contributed by atoms with van der Waals surface area (Å²) < 4.78 is 5.55. The quantitative estimate of drug-likeness (QED) is 0.519. The molecule has 2 N–H and O–H groups in total. The first kappa shape index (κ1) is 27.9. The average molecular weight is 607 g/mol. The molecule has 0 unspecified atom stereocenters. The van der Waals surface area contributed by atoms with Gasteiger partial charge in [0, 0.05) is 60.1 Å². The molecule has 2 aromatic rings. The van der Waals surface area contributed by atoms with Crippen molar-refractivity contribution in [2.75, 3.05) is 39.4 Å². The largest absolute Gasteiger partial charge is 0.378 e. The van der Waals surface area contributed by atoms with Gasteiger partial charge in [-0.3, -0.25) is 14.4 Å².